The Kier molecular flexibility index (Phi) is 7.63. The Hall–Kier alpha value is -2.11. The molecule has 146 valence electrons. The van der Waals surface area contributed by atoms with Crippen molar-refractivity contribution in [3.8, 4) is 5.75 Å². The van der Waals surface area contributed by atoms with Crippen molar-refractivity contribution in [3.63, 3.8) is 0 Å². The van der Waals surface area contributed by atoms with Crippen LogP contribution in [0.1, 0.15) is 36.8 Å². The van der Waals surface area contributed by atoms with Crippen LogP contribution in [-0.4, -0.2) is 11.9 Å². The first-order chi connectivity index (χ1) is 12.5. The fourth-order valence-electron chi connectivity index (χ4n) is 3.42. The van der Waals surface area contributed by atoms with Gasteiger partial charge in [0.1, 0.15) is 18.2 Å². The van der Waals surface area contributed by atoms with E-state index in [2.05, 4.69) is 5.32 Å². The zero-order valence-electron chi connectivity index (χ0n) is 15.4. The van der Waals surface area contributed by atoms with E-state index < -0.39 is 0 Å². The van der Waals surface area contributed by atoms with Crippen LogP contribution in [0, 0.1) is 18.7 Å². The summed E-state index contributed by atoms with van der Waals surface area (Å²) in [6.07, 6.45) is 3.61. The van der Waals surface area contributed by atoms with E-state index >= 15 is 0 Å². The van der Waals surface area contributed by atoms with Gasteiger partial charge < -0.3 is 15.8 Å². The first-order valence-corrected chi connectivity index (χ1v) is 9.04. The number of rotatable bonds is 6. The molecule has 2 aromatic carbocycles. The molecular weight excluding hydrogens is 367 g/mol. The molecule has 4 nitrogen and oxygen atoms in total. The van der Waals surface area contributed by atoms with Gasteiger partial charge in [0.05, 0.1) is 0 Å². The average molecular weight is 393 g/mol. The zero-order chi connectivity index (χ0) is 18.5. The average Bonchev–Trinajstić information content (AvgIpc) is 3.00. The number of benzene rings is 2. The number of nitrogens with one attached hydrogen (secondary N) is 1. The number of nitrogens with two attached hydrogens (primary N) is 1. The molecule has 0 radical (unpaired) electrons. The van der Waals surface area contributed by atoms with Crippen molar-refractivity contribution in [1.82, 2.24) is 0 Å². The number of amides is 1. The van der Waals surface area contributed by atoms with Gasteiger partial charge in [-0.2, -0.15) is 0 Å². The SMILES string of the molecule is Cc1cc(OCc2cccc(F)c2)ccc1NC(=O)C[C@@H]1CCC[C@H]1N.Cl. The van der Waals surface area contributed by atoms with E-state index in [-0.39, 0.29) is 36.1 Å². The maximum absolute atomic E-state index is 13.2. The molecule has 0 unspecified atom stereocenters. The molecule has 27 heavy (non-hydrogen) atoms. The Morgan fingerprint density at radius 3 is 2.74 bits per heavy atom. The summed E-state index contributed by atoms with van der Waals surface area (Å²) in [5.74, 6) is 0.693. The highest BCUT2D eigenvalue weighted by atomic mass is 35.5. The molecule has 0 spiro atoms. The van der Waals surface area contributed by atoms with E-state index in [0.717, 1.165) is 36.1 Å². The van der Waals surface area contributed by atoms with Crippen molar-refractivity contribution in [2.24, 2.45) is 11.7 Å². The minimum Gasteiger partial charge on any atom is -0.489 e. The molecule has 1 aliphatic carbocycles. The van der Waals surface area contributed by atoms with Crippen molar-refractivity contribution < 1.29 is 13.9 Å². The lowest BCUT2D eigenvalue weighted by molar-refractivity contribution is -0.117. The lowest BCUT2D eigenvalue weighted by atomic mass is 10.00. The van der Waals surface area contributed by atoms with Crippen LogP contribution < -0.4 is 15.8 Å². The van der Waals surface area contributed by atoms with Gasteiger partial charge in [-0.15, -0.1) is 12.4 Å². The lowest BCUT2D eigenvalue weighted by Crippen LogP contribution is -2.28. The highest BCUT2D eigenvalue weighted by molar-refractivity contribution is 5.91. The number of carbonyl (C=O) groups is 1. The van der Waals surface area contributed by atoms with E-state index in [4.69, 9.17) is 10.5 Å². The highest BCUT2D eigenvalue weighted by Gasteiger charge is 2.26. The summed E-state index contributed by atoms with van der Waals surface area (Å²) in [6, 6.07) is 12.0. The summed E-state index contributed by atoms with van der Waals surface area (Å²) < 4.78 is 18.9. The third-order valence-corrected chi connectivity index (χ3v) is 4.93. The summed E-state index contributed by atoms with van der Waals surface area (Å²) in [5, 5.41) is 2.97. The van der Waals surface area contributed by atoms with Crippen molar-refractivity contribution in [2.75, 3.05) is 5.32 Å². The van der Waals surface area contributed by atoms with Gasteiger partial charge >= 0.3 is 0 Å². The minimum atomic E-state index is -0.276. The quantitative estimate of drug-likeness (QED) is 0.755. The van der Waals surface area contributed by atoms with Crippen LogP contribution >= 0.6 is 12.4 Å². The van der Waals surface area contributed by atoms with Crippen LogP contribution in [0.2, 0.25) is 0 Å². The number of hydrogen-bond acceptors (Lipinski definition) is 3. The Morgan fingerprint density at radius 1 is 1.26 bits per heavy atom. The lowest BCUT2D eigenvalue weighted by Gasteiger charge is -2.16. The predicted molar refractivity (Wildman–Crippen MR) is 108 cm³/mol. The van der Waals surface area contributed by atoms with Crippen molar-refractivity contribution in [2.45, 2.75) is 45.3 Å². The van der Waals surface area contributed by atoms with E-state index in [0.29, 0.717) is 18.8 Å². The van der Waals surface area contributed by atoms with Gasteiger partial charge in [0.2, 0.25) is 5.91 Å². The Balaban J connectivity index is 0.00000261. The summed E-state index contributed by atoms with van der Waals surface area (Å²) in [5.41, 5.74) is 8.51. The third kappa shape index (κ3) is 5.94. The molecule has 0 saturated heterocycles. The fourth-order valence-corrected chi connectivity index (χ4v) is 3.42. The highest BCUT2D eigenvalue weighted by Crippen LogP contribution is 2.28. The van der Waals surface area contributed by atoms with Gasteiger partial charge in [0.15, 0.2) is 0 Å². The molecule has 2 aromatic rings. The molecule has 3 N–H and O–H groups in total. The maximum atomic E-state index is 13.2. The minimum absolute atomic E-state index is 0. The zero-order valence-corrected chi connectivity index (χ0v) is 16.2. The van der Waals surface area contributed by atoms with Crippen molar-refractivity contribution >= 4 is 24.0 Å². The van der Waals surface area contributed by atoms with Crippen molar-refractivity contribution in [1.29, 1.82) is 0 Å². The number of hydrogen-bond donors (Lipinski definition) is 2. The van der Waals surface area contributed by atoms with Gasteiger partial charge in [-0.1, -0.05) is 18.6 Å². The van der Waals surface area contributed by atoms with Crippen LogP contribution in [0.15, 0.2) is 42.5 Å². The third-order valence-electron chi connectivity index (χ3n) is 4.93. The molecular formula is C21H26ClFN2O2. The molecule has 2 atom stereocenters. The van der Waals surface area contributed by atoms with E-state index in [1.54, 1.807) is 6.07 Å². The number of ether oxygens (including phenoxy) is 1. The first-order valence-electron chi connectivity index (χ1n) is 9.04. The first kappa shape index (κ1) is 21.2. The van der Waals surface area contributed by atoms with E-state index in [1.807, 2.05) is 31.2 Å². The maximum Gasteiger partial charge on any atom is 0.224 e. The number of anilines is 1. The summed E-state index contributed by atoms with van der Waals surface area (Å²) in [4.78, 5) is 12.3. The Bertz CT molecular complexity index is 785. The largest absolute Gasteiger partial charge is 0.489 e. The van der Waals surface area contributed by atoms with Crippen LogP contribution in [-0.2, 0) is 11.4 Å². The molecule has 0 aromatic heterocycles. The second-order valence-corrected chi connectivity index (χ2v) is 7.00. The van der Waals surface area contributed by atoms with Gasteiger partial charge in [0, 0.05) is 18.2 Å². The Labute approximate surface area is 165 Å². The smallest absolute Gasteiger partial charge is 0.224 e. The van der Waals surface area contributed by atoms with Crippen LogP contribution in [0.25, 0.3) is 0 Å². The molecule has 3 rings (SSSR count). The molecule has 1 fully saturated rings. The van der Waals surface area contributed by atoms with Gasteiger partial charge in [-0.25, -0.2) is 4.39 Å². The second kappa shape index (κ2) is 9.72. The number of carbonyl (C=O) groups excluding carboxylic acids is 1. The van der Waals surface area contributed by atoms with E-state index in [1.165, 1.54) is 12.1 Å². The standard InChI is InChI=1S/C21H25FN2O2.ClH/c1-14-10-18(26-13-15-4-2-6-17(22)11-15)8-9-20(14)24-21(25)12-16-5-3-7-19(16)23;/h2,4,6,8-11,16,19H,3,5,7,12-13,23H2,1H3,(H,24,25);1H/t16-,19+;/m0./s1. The molecule has 6 heteroatoms. The molecule has 0 heterocycles. The van der Waals surface area contributed by atoms with Gasteiger partial charge in [0.25, 0.3) is 0 Å². The predicted octanol–water partition coefficient (Wildman–Crippen LogP) is 4.59. The van der Waals surface area contributed by atoms with Crippen molar-refractivity contribution in [3.05, 3.63) is 59.4 Å². The summed E-state index contributed by atoms with van der Waals surface area (Å²) in [6.45, 7) is 2.22. The van der Waals surface area contributed by atoms with Gasteiger partial charge in [-0.05, 0) is 67.1 Å². The van der Waals surface area contributed by atoms with E-state index in [9.17, 15) is 9.18 Å². The summed E-state index contributed by atoms with van der Waals surface area (Å²) >= 11 is 0. The Morgan fingerprint density at radius 2 is 2.07 bits per heavy atom. The molecule has 1 saturated carbocycles. The molecule has 1 aliphatic rings. The van der Waals surface area contributed by atoms with Crippen LogP contribution in [0.4, 0.5) is 10.1 Å². The summed E-state index contributed by atoms with van der Waals surface area (Å²) in [7, 11) is 0. The van der Waals surface area contributed by atoms with Gasteiger partial charge in [-0.3, -0.25) is 4.79 Å². The number of halogens is 2. The normalized spacial score (nSPS) is 18.6. The monoisotopic (exact) mass is 392 g/mol. The number of aryl methyl sites for hydroxylation is 1. The topological polar surface area (TPSA) is 64.3 Å². The molecule has 0 bridgehead atoms. The second-order valence-electron chi connectivity index (χ2n) is 7.00. The fraction of sp³-hybridized carbons (Fsp3) is 0.381. The molecule has 0 aliphatic heterocycles. The van der Waals surface area contributed by atoms with Crippen LogP contribution in [0.5, 0.6) is 5.75 Å². The molecule has 1 amide bonds. The van der Waals surface area contributed by atoms with Crippen LogP contribution in [0.3, 0.4) is 0 Å².